The fourth-order valence-electron chi connectivity index (χ4n) is 2.67. The van der Waals surface area contributed by atoms with E-state index in [4.69, 9.17) is 16.3 Å². The zero-order valence-corrected chi connectivity index (χ0v) is 19.4. The molecule has 0 fully saturated rings. The molecule has 156 valence electrons. The third-order valence-corrected chi connectivity index (χ3v) is 5.72. The molecule has 0 aliphatic heterocycles. The van der Waals surface area contributed by atoms with E-state index in [-0.39, 0.29) is 17.8 Å². The van der Waals surface area contributed by atoms with Crippen molar-refractivity contribution in [2.24, 2.45) is 0 Å². The standard InChI is InChI=1S/C21H20BrClN4O2S/c1-3-11-27-20(14(2)29-18-6-4-5-16(23)12-18)25-26-21(27)30-13-19(28)24-17-9-7-15(22)8-10-17/h3-10,12,14H,1,11,13H2,2H3,(H,24,28). The molecular formula is C21H20BrClN4O2S. The molecule has 6 nitrogen and oxygen atoms in total. The number of benzene rings is 2. The lowest BCUT2D eigenvalue weighted by molar-refractivity contribution is -0.113. The second-order valence-electron chi connectivity index (χ2n) is 6.30. The normalized spacial score (nSPS) is 11.7. The molecule has 30 heavy (non-hydrogen) atoms. The molecule has 1 aromatic heterocycles. The fraction of sp³-hybridized carbons (Fsp3) is 0.190. The van der Waals surface area contributed by atoms with Gasteiger partial charge in [0.2, 0.25) is 5.91 Å². The van der Waals surface area contributed by atoms with Gasteiger partial charge >= 0.3 is 0 Å². The second-order valence-corrected chi connectivity index (χ2v) is 8.60. The molecule has 1 atom stereocenters. The monoisotopic (exact) mass is 506 g/mol. The van der Waals surface area contributed by atoms with E-state index in [0.29, 0.717) is 28.3 Å². The number of ether oxygens (including phenoxy) is 1. The van der Waals surface area contributed by atoms with Gasteiger partial charge in [0.15, 0.2) is 17.1 Å². The van der Waals surface area contributed by atoms with Gasteiger partial charge in [-0.3, -0.25) is 9.36 Å². The Morgan fingerprint density at radius 3 is 2.80 bits per heavy atom. The fourth-order valence-corrected chi connectivity index (χ4v) is 3.87. The van der Waals surface area contributed by atoms with Crippen LogP contribution in [0.15, 0.2) is 70.8 Å². The summed E-state index contributed by atoms with van der Waals surface area (Å²) in [6.07, 6.45) is 1.40. The minimum absolute atomic E-state index is 0.125. The smallest absolute Gasteiger partial charge is 0.234 e. The summed E-state index contributed by atoms with van der Waals surface area (Å²) in [5.41, 5.74) is 0.737. The highest BCUT2D eigenvalue weighted by Gasteiger charge is 2.20. The van der Waals surface area contributed by atoms with E-state index >= 15 is 0 Å². The summed E-state index contributed by atoms with van der Waals surface area (Å²) in [6, 6.07) is 14.6. The number of thioether (sulfide) groups is 1. The maximum absolute atomic E-state index is 12.3. The first-order valence-electron chi connectivity index (χ1n) is 9.10. The summed E-state index contributed by atoms with van der Waals surface area (Å²) >= 11 is 10.7. The Bertz CT molecular complexity index is 1030. The number of carbonyl (C=O) groups excluding carboxylic acids is 1. The Morgan fingerprint density at radius 1 is 1.33 bits per heavy atom. The number of nitrogens with one attached hydrogen (secondary N) is 1. The molecule has 0 saturated heterocycles. The van der Waals surface area contributed by atoms with Crippen LogP contribution in [0.5, 0.6) is 5.75 Å². The number of halogens is 2. The number of rotatable bonds is 9. The molecular weight excluding hydrogens is 488 g/mol. The Hall–Kier alpha value is -2.29. The van der Waals surface area contributed by atoms with Crippen LogP contribution < -0.4 is 10.1 Å². The van der Waals surface area contributed by atoms with Crippen molar-refractivity contribution in [3.63, 3.8) is 0 Å². The third-order valence-electron chi connectivity index (χ3n) is 3.99. The van der Waals surface area contributed by atoms with E-state index in [2.05, 4.69) is 38.0 Å². The van der Waals surface area contributed by atoms with Crippen LogP contribution in [-0.4, -0.2) is 26.4 Å². The highest BCUT2D eigenvalue weighted by Crippen LogP contribution is 2.26. The molecule has 1 N–H and O–H groups in total. The van der Waals surface area contributed by atoms with Crippen molar-refractivity contribution >= 4 is 50.9 Å². The second kappa shape index (κ2) is 10.7. The number of nitrogens with zero attached hydrogens (tertiary/aromatic N) is 3. The van der Waals surface area contributed by atoms with Crippen molar-refractivity contribution in [3.05, 3.63) is 76.5 Å². The van der Waals surface area contributed by atoms with Crippen LogP contribution in [0.1, 0.15) is 18.9 Å². The van der Waals surface area contributed by atoms with E-state index in [1.54, 1.807) is 18.2 Å². The maximum atomic E-state index is 12.3. The summed E-state index contributed by atoms with van der Waals surface area (Å²) in [5, 5.41) is 12.6. The maximum Gasteiger partial charge on any atom is 0.234 e. The molecule has 3 aromatic rings. The van der Waals surface area contributed by atoms with Gasteiger partial charge in [-0.25, -0.2) is 0 Å². The molecule has 0 spiro atoms. The third kappa shape index (κ3) is 6.10. The Morgan fingerprint density at radius 2 is 2.10 bits per heavy atom. The molecule has 1 heterocycles. The lowest BCUT2D eigenvalue weighted by Gasteiger charge is -2.16. The average Bonchev–Trinajstić information content (AvgIpc) is 3.11. The average molecular weight is 508 g/mol. The lowest BCUT2D eigenvalue weighted by atomic mass is 10.3. The summed E-state index contributed by atoms with van der Waals surface area (Å²) in [5.74, 6) is 1.37. The number of hydrogen-bond donors (Lipinski definition) is 1. The number of aromatic nitrogens is 3. The van der Waals surface area contributed by atoms with Gasteiger partial charge in [-0.15, -0.1) is 16.8 Å². The van der Waals surface area contributed by atoms with Crippen molar-refractivity contribution in [2.45, 2.75) is 24.7 Å². The summed E-state index contributed by atoms with van der Waals surface area (Å²) in [7, 11) is 0. The molecule has 0 aliphatic rings. The first kappa shape index (κ1) is 22.4. The first-order chi connectivity index (χ1) is 14.5. The molecule has 9 heteroatoms. The van der Waals surface area contributed by atoms with Gasteiger partial charge in [-0.1, -0.05) is 51.4 Å². The van der Waals surface area contributed by atoms with E-state index in [0.717, 1.165) is 10.2 Å². The van der Waals surface area contributed by atoms with Crippen LogP contribution in [-0.2, 0) is 11.3 Å². The molecule has 1 unspecified atom stereocenters. The Kier molecular flexibility index (Phi) is 7.95. The molecule has 1 amide bonds. The largest absolute Gasteiger partial charge is 0.483 e. The van der Waals surface area contributed by atoms with Crippen LogP contribution in [0.2, 0.25) is 5.02 Å². The number of amides is 1. The van der Waals surface area contributed by atoms with E-state index in [1.165, 1.54) is 11.8 Å². The molecule has 0 radical (unpaired) electrons. The topological polar surface area (TPSA) is 69.0 Å². The summed E-state index contributed by atoms with van der Waals surface area (Å²) in [4.78, 5) is 12.3. The van der Waals surface area contributed by atoms with Gasteiger partial charge in [0, 0.05) is 21.7 Å². The molecule has 3 rings (SSSR count). The number of anilines is 1. The van der Waals surface area contributed by atoms with Crippen LogP contribution in [0, 0.1) is 0 Å². The SMILES string of the molecule is C=CCn1c(SCC(=O)Nc2ccc(Br)cc2)nnc1C(C)Oc1cccc(Cl)c1. The number of allylic oxidation sites excluding steroid dienone is 1. The van der Waals surface area contributed by atoms with Gasteiger partial charge in [0.25, 0.3) is 0 Å². The number of carbonyl (C=O) groups is 1. The number of hydrogen-bond acceptors (Lipinski definition) is 5. The van der Waals surface area contributed by atoms with Gasteiger partial charge in [-0.05, 0) is 49.4 Å². The molecule has 0 aliphatic carbocycles. The highest BCUT2D eigenvalue weighted by molar-refractivity contribution is 9.10. The van der Waals surface area contributed by atoms with Crippen LogP contribution in [0.25, 0.3) is 0 Å². The zero-order chi connectivity index (χ0) is 21.5. The van der Waals surface area contributed by atoms with Crippen molar-refractivity contribution in [1.29, 1.82) is 0 Å². The van der Waals surface area contributed by atoms with Crippen LogP contribution in [0.4, 0.5) is 5.69 Å². The minimum atomic E-state index is -0.359. The molecule has 2 aromatic carbocycles. The van der Waals surface area contributed by atoms with Crippen molar-refractivity contribution in [3.8, 4) is 5.75 Å². The van der Waals surface area contributed by atoms with Gasteiger partial charge in [0.05, 0.1) is 5.75 Å². The Labute approximate surface area is 192 Å². The Balaban J connectivity index is 1.66. The van der Waals surface area contributed by atoms with Crippen LogP contribution in [0.3, 0.4) is 0 Å². The van der Waals surface area contributed by atoms with E-state index < -0.39 is 0 Å². The van der Waals surface area contributed by atoms with Crippen LogP contribution >= 0.6 is 39.3 Å². The predicted octanol–water partition coefficient (Wildman–Crippen LogP) is 5.75. The zero-order valence-electron chi connectivity index (χ0n) is 16.2. The van der Waals surface area contributed by atoms with Gasteiger partial charge < -0.3 is 10.1 Å². The van der Waals surface area contributed by atoms with E-state index in [1.807, 2.05) is 47.9 Å². The van der Waals surface area contributed by atoms with Crippen molar-refractivity contribution < 1.29 is 9.53 Å². The molecule has 0 bridgehead atoms. The summed E-state index contributed by atoms with van der Waals surface area (Å²) in [6.45, 7) is 6.19. The predicted molar refractivity (Wildman–Crippen MR) is 124 cm³/mol. The van der Waals surface area contributed by atoms with Crippen molar-refractivity contribution in [1.82, 2.24) is 14.8 Å². The van der Waals surface area contributed by atoms with Crippen molar-refractivity contribution in [2.75, 3.05) is 11.1 Å². The van der Waals surface area contributed by atoms with Gasteiger partial charge in [0.1, 0.15) is 5.75 Å². The summed E-state index contributed by atoms with van der Waals surface area (Å²) < 4.78 is 8.80. The quantitative estimate of drug-likeness (QED) is 0.295. The van der Waals surface area contributed by atoms with E-state index in [9.17, 15) is 4.79 Å². The first-order valence-corrected chi connectivity index (χ1v) is 11.3. The lowest BCUT2D eigenvalue weighted by Crippen LogP contribution is -2.15. The molecule has 0 saturated carbocycles. The van der Waals surface area contributed by atoms with Gasteiger partial charge in [-0.2, -0.15) is 0 Å². The highest BCUT2D eigenvalue weighted by atomic mass is 79.9. The minimum Gasteiger partial charge on any atom is -0.483 e.